The van der Waals surface area contributed by atoms with Gasteiger partial charge in [0.2, 0.25) is 0 Å². The van der Waals surface area contributed by atoms with Crippen molar-refractivity contribution < 1.29 is 17.1 Å². The van der Waals surface area contributed by atoms with Gasteiger partial charge in [0.1, 0.15) is 5.71 Å². The molecule has 0 saturated carbocycles. The van der Waals surface area contributed by atoms with Crippen molar-refractivity contribution in [2.75, 3.05) is 26.2 Å². The van der Waals surface area contributed by atoms with Gasteiger partial charge in [-0.25, -0.2) is 0 Å². The molecule has 0 N–H and O–H groups in total. The summed E-state index contributed by atoms with van der Waals surface area (Å²) in [4.78, 5) is 8.24. The summed E-state index contributed by atoms with van der Waals surface area (Å²) in [6.07, 6.45) is 1.69. The molecule has 7 nitrogen and oxygen atoms in total. The molecule has 0 unspecified atom stereocenters. The second-order valence-corrected chi connectivity index (χ2v) is 6.19. The van der Waals surface area contributed by atoms with Crippen molar-refractivity contribution in [3.8, 4) is 0 Å². The Morgan fingerprint density at radius 3 is 1.79 bits per heavy atom. The molecule has 0 aliphatic rings. The molecule has 10 heteroatoms. The number of pyridine rings is 1. The van der Waals surface area contributed by atoms with E-state index in [1.807, 2.05) is 55.7 Å². The van der Waals surface area contributed by atoms with Crippen LogP contribution in [0.25, 0.3) is 0 Å². The molecule has 1 aromatic rings. The summed E-state index contributed by atoms with van der Waals surface area (Å²) in [6, 6.07) is 5.56. The van der Waals surface area contributed by atoms with Gasteiger partial charge in [0.15, 0.2) is 0 Å². The minimum atomic E-state index is 0. The van der Waals surface area contributed by atoms with Crippen LogP contribution in [-0.4, -0.2) is 62.7 Å². The molecule has 0 aliphatic heterocycles. The van der Waals surface area contributed by atoms with E-state index in [2.05, 4.69) is 25.4 Å². The molecule has 28 heavy (non-hydrogen) atoms. The first-order valence-corrected chi connectivity index (χ1v) is 9.83. The third-order valence-corrected chi connectivity index (χ3v) is 4.52. The molecule has 0 fully saturated rings. The molecule has 0 amide bonds. The summed E-state index contributed by atoms with van der Waals surface area (Å²) in [6.45, 7) is 13.0. The molecule has 0 atom stereocenters. The zero-order valence-corrected chi connectivity index (χ0v) is 19.5. The van der Waals surface area contributed by atoms with Crippen molar-refractivity contribution in [3.05, 3.63) is 30.1 Å². The summed E-state index contributed by atoms with van der Waals surface area (Å²) in [5.41, 5.74) is 1.72. The summed E-state index contributed by atoms with van der Waals surface area (Å²) in [5, 5.41) is 17.8. The number of hydrogen-bond acceptors (Lipinski definition) is 7. The number of nitrogens with zero attached hydrogens (tertiary/aromatic N) is 7. The number of hydrogen-bond donors (Lipinski definition) is 0. The minimum absolute atomic E-state index is 0. The largest absolute Gasteiger partial charge is 2.00 e. The van der Waals surface area contributed by atoms with E-state index in [-0.39, 0.29) is 17.1 Å². The van der Waals surface area contributed by atoms with E-state index in [9.17, 15) is 0 Å². The van der Waals surface area contributed by atoms with Gasteiger partial charge in [0.25, 0.3) is 0 Å². The first kappa shape index (κ1) is 26.4. The van der Waals surface area contributed by atoms with Crippen LogP contribution in [0.15, 0.2) is 44.8 Å². The Morgan fingerprint density at radius 1 is 0.857 bits per heavy atom. The van der Waals surface area contributed by atoms with Crippen molar-refractivity contribution in [2.24, 2.45) is 20.4 Å². The molecule has 157 valence electrons. The minimum Gasteiger partial charge on any atom is -0.741 e. The van der Waals surface area contributed by atoms with Crippen molar-refractivity contribution in [3.63, 3.8) is 0 Å². The Bertz CT molecular complexity index is 697. The quantitative estimate of drug-likeness (QED) is 0.193. The van der Waals surface area contributed by atoms with Gasteiger partial charge >= 0.3 is 17.1 Å². The Balaban J connectivity index is 0.00000729. The van der Waals surface area contributed by atoms with Crippen molar-refractivity contribution in [1.29, 1.82) is 0 Å². The average Bonchev–Trinajstić information content (AvgIpc) is 2.69. The zero-order valence-electron chi connectivity index (χ0n) is 16.9. The predicted molar refractivity (Wildman–Crippen MR) is 119 cm³/mol. The SMILES string of the molecule is CCN(CC)C([S-])=NN=C(C)C(=NN=C([S-])N(CC)CC)c1ccccn1.[Cu+2]. The molecular formula is C18H27CuN7S2. The van der Waals surface area contributed by atoms with E-state index in [1.54, 1.807) is 13.1 Å². The van der Waals surface area contributed by atoms with Gasteiger partial charge in [0.05, 0.1) is 11.4 Å². The fourth-order valence-corrected chi connectivity index (χ4v) is 2.78. The van der Waals surface area contributed by atoms with Gasteiger partial charge < -0.3 is 35.1 Å². The van der Waals surface area contributed by atoms with Gasteiger partial charge in [-0.2, -0.15) is 15.3 Å². The van der Waals surface area contributed by atoms with Crippen LogP contribution >= 0.6 is 0 Å². The molecule has 1 aromatic heterocycles. The van der Waals surface area contributed by atoms with Crippen LogP contribution < -0.4 is 0 Å². The van der Waals surface area contributed by atoms with E-state index in [1.165, 1.54) is 0 Å². The van der Waals surface area contributed by atoms with E-state index >= 15 is 0 Å². The molecule has 1 heterocycles. The van der Waals surface area contributed by atoms with Crippen LogP contribution in [-0.2, 0) is 42.3 Å². The number of rotatable bonds is 8. The van der Waals surface area contributed by atoms with Gasteiger partial charge in [-0.3, -0.25) is 4.98 Å². The third-order valence-electron chi connectivity index (χ3n) is 3.84. The summed E-state index contributed by atoms with van der Waals surface area (Å²) in [5.74, 6) is 0. The standard InChI is InChI=1S/C18H29N7S2.Cu/c1-6-24(7-2)17(26)22-20-14(5)16(15-12-10-11-13-19-15)21-23-18(27)25(8-3)9-4;/h10-13H,6-9H2,1-5H3,(H,22,26)(H,23,27);/q;+2/p-2. The molecule has 0 aromatic carbocycles. The van der Waals surface area contributed by atoms with Crippen molar-refractivity contribution in [1.82, 2.24) is 14.8 Å². The van der Waals surface area contributed by atoms with E-state index in [0.29, 0.717) is 27.5 Å². The molecule has 0 spiro atoms. The topological polar surface area (TPSA) is 68.8 Å². The molecule has 1 radical (unpaired) electrons. The third kappa shape index (κ3) is 8.18. The maximum Gasteiger partial charge on any atom is 2.00 e. The molecule has 0 saturated heterocycles. The first-order chi connectivity index (χ1) is 13.0. The fourth-order valence-electron chi connectivity index (χ4n) is 2.18. The molecule has 0 bridgehead atoms. The van der Waals surface area contributed by atoms with Crippen LogP contribution in [0.2, 0.25) is 0 Å². The summed E-state index contributed by atoms with van der Waals surface area (Å²) < 4.78 is 0. The average molecular weight is 469 g/mol. The van der Waals surface area contributed by atoms with Gasteiger partial charge in [0, 0.05) is 42.7 Å². The van der Waals surface area contributed by atoms with E-state index in [0.717, 1.165) is 26.2 Å². The molecule has 0 aliphatic carbocycles. The second-order valence-electron chi connectivity index (χ2n) is 5.46. The number of amidine groups is 2. The van der Waals surface area contributed by atoms with Gasteiger partial charge in [-0.05, 0) is 46.8 Å². The van der Waals surface area contributed by atoms with Crippen molar-refractivity contribution in [2.45, 2.75) is 34.6 Å². The van der Waals surface area contributed by atoms with Crippen LogP contribution in [0.1, 0.15) is 40.3 Å². The van der Waals surface area contributed by atoms with Crippen molar-refractivity contribution >= 4 is 47.0 Å². The fraction of sp³-hybridized carbons (Fsp3) is 0.500. The van der Waals surface area contributed by atoms with Gasteiger partial charge in [-0.1, -0.05) is 6.07 Å². The predicted octanol–water partition coefficient (Wildman–Crippen LogP) is 2.65. The zero-order chi connectivity index (χ0) is 20.2. The van der Waals surface area contributed by atoms with Crippen LogP contribution in [0, 0.1) is 0 Å². The Kier molecular flexibility index (Phi) is 13.6. The van der Waals surface area contributed by atoms with E-state index < -0.39 is 0 Å². The maximum absolute atomic E-state index is 5.34. The number of aromatic nitrogens is 1. The Labute approximate surface area is 189 Å². The van der Waals surface area contributed by atoms with E-state index in [4.69, 9.17) is 25.3 Å². The Morgan fingerprint density at radius 2 is 1.36 bits per heavy atom. The summed E-state index contributed by atoms with van der Waals surface area (Å²) >= 11 is 10.7. The monoisotopic (exact) mass is 468 g/mol. The van der Waals surface area contributed by atoms with Crippen LogP contribution in [0.5, 0.6) is 0 Å². The molecule has 1 rings (SSSR count). The Hall–Kier alpha value is -1.61. The summed E-state index contributed by atoms with van der Waals surface area (Å²) in [7, 11) is 0. The smallest absolute Gasteiger partial charge is 0.741 e. The first-order valence-electron chi connectivity index (χ1n) is 9.01. The normalized spacial score (nSPS) is 13.2. The van der Waals surface area contributed by atoms with Crippen LogP contribution in [0.3, 0.4) is 0 Å². The van der Waals surface area contributed by atoms with Gasteiger partial charge in [-0.15, -0.1) is 5.10 Å². The maximum atomic E-state index is 5.34. The van der Waals surface area contributed by atoms with Crippen LogP contribution in [0.4, 0.5) is 0 Å². The molecular weight excluding hydrogens is 442 g/mol. The second kappa shape index (κ2) is 14.4.